The van der Waals surface area contributed by atoms with Crippen LogP contribution >= 0.6 is 23.2 Å². The van der Waals surface area contributed by atoms with Gasteiger partial charge in [-0.2, -0.15) is 0 Å². The third-order valence-corrected chi connectivity index (χ3v) is 5.83. The monoisotopic (exact) mass is 444 g/mol. The van der Waals surface area contributed by atoms with E-state index in [1.54, 1.807) is 0 Å². The molecule has 0 unspecified atom stereocenters. The van der Waals surface area contributed by atoms with Gasteiger partial charge in [0.15, 0.2) is 0 Å². The van der Waals surface area contributed by atoms with E-state index in [2.05, 4.69) is 0 Å². The smallest absolute Gasteiger partial charge is 0.146 e. The van der Waals surface area contributed by atoms with E-state index in [0.29, 0.717) is 17.2 Å². The molecule has 0 N–H and O–H groups in total. The maximum Gasteiger partial charge on any atom is 0.146 e. The number of halogens is 2. The molecular formula is C27H18Cl2O2. The topological polar surface area (TPSA) is 22.4 Å². The highest BCUT2D eigenvalue weighted by molar-refractivity contribution is 6.32. The fourth-order valence-electron chi connectivity index (χ4n) is 3.58. The average Bonchev–Trinajstić information content (AvgIpc) is 3.20. The van der Waals surface area contributed by atoms with Crippen LogP contribution in [0.1, 0.15) is 11.1 Å². The molecule has 5 rings (SSSR count). The standard InChI is InChI=1S/C27H18Cl2O2/c28-22-11-5-4-10-19(22)14-20-15-27-21(16-25(31-27)18-8-2-1-3-9-18)17-26(20)30-24-13-7-6-12-23(24)29/h1-13,15-17H,14H2. The molecule has 0 aliphatic rings. The van der Waals surface area contributed by atoms with Crippen molar-refractivity contribution < 1.29 is 9.15 Å². The van der Waals surface area contributed by atoms with Crippen LogP contribution in [0.25, 0.3) is 22.3 Å². The van der Waals surface area contributed by atoms with E-state index in [9.17, 15) is 0 Å². The first-order valence-electron chi connectivity index (χ1n) is 9.95. The van der Waals surface area contributed by atoms with Crippen molar-refractivity contribution in [3.05, 3.63) is 118 Å². The van der Waals surface area contributed by atoms with E-state index >= 15 is 0 Å². The van der Waals surface area contributed by atoms with Gasteiger partial charge in [0.1, 0.15) is 22.8 Å². The fraction of sp³-hybridized carbons (Fsp3) is 0.0370. The Bertz CT molecular complexity index is 1270. The lowest BCUT2D eigenvalue weighted by molar-refractivity contribution is 0.478. The molecule has 0 amide bonds. The molecule has 0 saturated heterocycles. The highest BCUT2D eigenvalue weighted by atomic mass is 35.5. The summed E-state index contributed by atoms with van der Waals surface area (Å²) in [5.74, 6) is 2.14. The van der Waals surface area contributed by atoms with Gasteiger partial charge in [-0.1, -0.05) is 83.9 Å². The Kier molecular flexibility index (Phi) is 5.42. The third kappa shape index (κ3) is 4.18. The molecule has 1 heterocycles. The first-order chi connectivity index (χ1) is 15.2. The molecule has 0 atom stereocenters. The Labute approximate surface area is 190 Å². The molecule has 0 aliphatic heterocycles. The van der Waals surface area contributed by atoms with Crippen LogP contribution in [0.4, 0.5) is 0 Å². The van der Waals surface area contributed by atoms with Crippen LogP contribution in [0.15, 0.2) is 101 Å². The van der Waals surface area contributed by atoms with Gasteiger partial charge in [-0.15, -0.1) is 0 Å². The van der Waals surface area contributed by atoms with Crippen molar-refractivity contribution in [1.29, 1.82) is 0 Å². The Hall–Kier alpha value is -3.20. The van der Waals surface area contributed by atoms with Gasteiger partial charge in [0.25, 0.3) is 0 Å². The lowest BCUT2D eigenvalue weighted by Crippen LogP contribution is -1.95. The zero-order valence-corrected chi connectivity index (χ0v) is 18.0. The summed E-state index contributed by atoms with van der Waals surface area (Å²) in [6.07, 6.45) is 0.608. The number of fused-ring (bicyclic) bond motifs is 1. The molecule has 152 valence electrons. The van der Waals surface area contributed by atoms with Gasteiger partial charge in [-0.25, -0.2) is 0 Å². The number of hydrogen-bond acceptors (Lipinski definition) is 2. The number of rotatable bonds is 5. The van der Waals surface area contributed by atoms with Crippen molar-refractivity contribution in [2.45, 2.75) is 6.42 Å². The van der Waals surface area contributed by atoms with Crippen molar-refractivity contribution in [2.24, 2.45) is 0 Å². The van der Waals surface area contributed by atoms with Gasteiger partial charge in [0, 0.05) is 28.0 Å². The van der Waals surface area contributed by atoms with Gasteiger partial charge in [-0.05, 0) is 42.0 Å². The first-order valence-corrected chi connectivity index (χ1v) is 10.7. The Morgan fingerprint density at radius 1 is 0.645 bits per heavy atom. The zero-order chi connectivity index (χ0) is 21.2. The normalized spacial score (nSPS) is 11.0. The molecule has 2 nitrogen and oxygen atoms in total. The SMILES string of the molecule is Clc1ccccc1Cc1cc2oc(-c3ccccc3)cc2cc1Oc1ccccc1Cl. The summed E-state index contributed by atoms with van der Waals surface area (Å²) in [7, 11) is 0. The molecule has 0 fully saturated rings. The summed E-state index contributed by atoms with van der Waals surface area (Å²) in [5, 5.41) is 2.24. The van der Waals surface area contributed by atoms with E-state index < -0.39 is 0 Å². The van der Waals surface area contributed by atoms with Crippen LogP contribution < -0.4 is 4.74 Å². The van der Waals surface area contributed by atoms with E-state index in [-0.39, 0.29) is 0 Å². The largest absolute Gasteiger partial charge is 0.456 e. The molecule has 5 aromatic rings. The van der Waals surface area contributed by atoms with Crippen LogP contribution in [0.2, 0.25) is 10.0 Å². The minimum absolute atomic E-state index is 0.559. The van der Waals surface area contributed by atoms with E-state index in [0.717, 1.165) is 44.2 Å². The predicted molar refractivity (Wildman–Crippen MR) is 127 cm³/mol. The number of furan rings is 1. The molecule has 4 aromatic carbocycles. The Balaban J connectivity index is 1.62. The van der Waals surface area contributed by atoms with Crippen molar-refractivity contribution >= 4 is 34.2 Å². The average molecular weight is 445 g/mol. The van der Waals surface area contributed by atoms with Crippen molar-refractivity contribution in [3.63, 3.8) is 0 Å². The molecule has 0 saturated carbocycles. The van der Waals surface area contributed by atoms with E-state index in [4.69, 9.17) is 32.4 Å². The quantitative estimate of drug-likeness (QED) is 0.270. The number of benzene rings is 4. The molecule has 4 heteroatoms. The van der Waals surface area contributed by atoms with Crippen LogP contribution in [0.5, 0.6) is 11.5 Å². The number of ether oxygens (including phenoxy) is 1. The van der Waals surface area contributed by atoms with Gasteiger partial charge in [0.2, 0.25) is 0 Å². The summed E-state index contributed by atoms with van der Waals surface area (Å²) in [6, 6.07) is 31.4. The predicted octanol–water partition coefficient (Wildman–Crippen LogP) is 8.79. The lowest BCUT2D eigenvalue weighted by Gasteiger charge is -2.13. The highest BCUT2D eigenvalue weighted by Gasteiger charge is 2.15. The summed E-state index contributed by atoms with van der Waals surface area (Å²) < 4.78 is 12.4. The summed E-state index contributed by atoms with van der Waals surface area (Å²) in [5.41, 5.74) is 3.81. The van der Waals surface area contributed by atoms with Crippen LogP contribution in [-0.4, -0.2) is 0 Å². The minimum atomic E-state index is 0.559. The third-order valence-electron chi connectivity index (χ3n) is 5.15. The van der Waals surface area contributed by atoms with Gasteiger partial charge in [-0.3, -0.25) is 0 Å². The Morgan fingerprint density at radius 3 is 2.13 bits per heavy atom. The summed E-state index contributed by atoms with van der Waals surface area (Å²) in [6.45, 7) is 0. The van der Waals surface area contributed by atoms with Crippen molar-refractivity contribution in [1.82, 2.24) is 0 Å². The molecule has 31 heavy (non-hydrogen) atoms. The highest BCUT2D eigenvalue weighted by Crippen LogP contribution is 2.37. The maximum absolute atomic E-state index is 6.43. The minimum Gasteiger partial charge on any atom is -0.456 e. The molecule has 0 bridgehead atoms. The van der Waals surface area contributed by atoms with Crippen LogP contribution in [0.3, 0.4) is 0 Å². The van der Waals surface area contributed by atoms with Gasteiger partial charge < -0.3 is 9.15 Å². The second-order valence-corrected chi connectivity index (χ2v) is 8.09. The van der Waals surface area contributed by atoms with Gasteiger partial charge in [0.05, 0.1) is 5.02 Å². The molecule has 0 spiro atoms. The fourth-order valence-corrected chi connectivity index (χ4v) is 3.96. The van der Waals surface area contributed by atoms with E-state index in [1.165, 1.54) is 0 Å². The first kappa shape index (κ1) is 19.7. The number of hydrogen-bond donors (Lipinski definition) is 0. The lowest BCUT2D eigenvalue weighted by atomic mass is 10.0. The van der Waals surface area contributed by atoms with Crippen LogP contribution in [0, 0.1) is 0 Å². The number of para-hydroxylation sites is 1. The van der Waals surface area contributed by atoms with Crippen molar-refractivity contribution in [2.75, 3.05) is 0 Å². The second kappa shape index (κ2) is 8.50. The van der Waals surface area contributed by atoms with E-state index in [1.807, 2.05) is 97.1 Å². The maximum atomic E-state index is 6.43. The molecule has 0 radical (unpaired) electrons. The van der Waals surface area contributed by atoms with Crippen LogP contribution in [-0.2, 0) is 6.42 Å². The van der Waals surface area contributed by atoms with Gasteiger partial charge >= 0.3 is 0 Å². The molecular weight excluding hydrogens is 427 g/mol. The second-order valence-electron chi connectivity index (χ2n) is 7.28. The Morgan fingerprint density at radius 2 is 1.35 bits per heavy atom. The zero-order valence-electron chi connectivity index (χ0n) is 16.5. The molecule has 1 aromatic heterocycles. The molecule has 0 aliphatic carbocycles. The van der Waals surface area contributed by atoms with Crippen molar-refractivity contribution in [3.8, 4) is 22.8 Å². The summed E-state index contributed by atoms with van der Waals surface area (Å²) in [4.78, 5) is 0. The summed E-state index contributed by atoms with van der Waals surface area (Å²) >= 11 is 12.8.